The molecular formula is C16H33N3O. The Kier molecular flexibility index (Phi) is 6.96. The number of nitrogens with zero attached hydrogens (tertiary/aromatic N) is 2. The lowest BCUT2D eigenvalue weighted by Gasteiger charge is -2.36. The van der Waals surface area contributed by atoms with Crippen LogP contribution in [0.5, 0.6) is 0 Å². The average Bonchev–Trinajstić information content (AvgIpc) is 2.32. The third-order valence-corrected chi connectivity index (χ3v) is 3.94. The maximum atomic E-state index is 12.5. The van der Waals surface area contributed by atoms with Crippen molar-refractivity contribution in [3.05, 3.63) is 0 Å². The summed E-state index contributed by atoms with van der Waals surface area (Å²) in [7, 11) is 0. The standard InChI is InChI=1S/C16H33N3O/c1-12(2)8-19(9-13(3)4)16(20)11-18-7-6-15(17)14(5)10-18/h12-15H,6-11,17H2,1-5H3. The van der Waals surface area contributed by atoms with Gasteiger partial charge in [0.2, 0.25) is 5.91 Å². The van der Waals surface area contributed by atoms with Gasteiger partial charge in [-0.05, 0) is 24.2 Å². The summed E-state index contributed by atoms with van der Waals surface area (Å²) in [5.41, 5.74) is 6.04. The Morgan fingerprint density at radius 2 is 1.80 bits per heavy atom. The van der Waals surface area contributed by atoms with Gasteiger partial charge in [-0.3, -0.25) is 9.69 Å². The monoisotopic (exact) mass is 283 g/mol. The van der Waals surface area contributed by atoms with E-state index in [1.165, 1.54) is 0 Å². The van der Waals surface area contributed by atoms with Crippen LogP contribution in [0.2, 0.25) is 0 Å². The van der Waals surface area contributed by atoms with Crippen LogP contribution >= 0.6 is 0 Å². The van der Waals surface area contributed by atoms with E-state index in [4.69, 9.17) is 5.73 Å². The highest BCUT2D eigenvalue weighted by atomic mass is 16.2. The molecule has 2 unspecified atom stereocenters. The fourth-order valence-electron chi connectivity index (χ4n) is 2.84. The number of piperidine rings is 1. The van der Waals surface area contributed by atoms with E-state index in [1.54, 1.807) is 0 Å². The van der Waals surface area contributed by atoms with E-state index < -0.39 is 0 Å². The number of hydrogen-bond donors (Lipinski definition) is 1. The molecular weight excluding hydrogens is 250 g/mol. The molecule has 0 aliphatic carbocycles. The molecule has 4 nitrogen and oxygen atoms in total. The SMILES string of the molecule is CC(C)CN(CC(C)C)C(=O)CN1CCC(N)C(C)C1. The number of amides is 1. The van der Waals surface area contributed by atoms with E-state index in [0.29, 0.717) is 30.3 Å². The van der Waals surface area contributed by atoms with Crippen molar-refractivity contribution in [3.8, 4) is 0 Å². The molecule has 0 aromatic heterocycles. The summed E-state index contributed by atoms with van der Waals surface area (Å²) in [6.07, 6.45) is 1.00. The maximum absolute atomic E-state index is 12.5. The highest BCUT2D eigenvalue weighted by Crippen LogP contribution is 2.15. The highest BCUT2D eigenvalue weighted by molar-refractivity contribution is 5.78. The summed E-state index contributed by atoms with van der Waals surface area (Å²) in [6, 6.07) is 0.295. The van der Waals surface area contributed by atoms with Crippen LogP contribution in [0.4, 0.5) is 0 Å². The maximum Gasteiger partial charge on any atom is 0.236 e. The first-order chi connectivity index (χ1) is 9.29. The van der Waals surface area contributed by atoms with Crippen molar-refractivity contribution in [1.82, 2.24) is 9.80 Å². The number of carbonyl (C=O) groups excluding carboxylic acids is 1. The predicted octanol–water partition coefficient (Wildman–Crippen LogP) is 1.80. The summed E-state index contributed by atoms with van der Waals surface area (Å²) >= 11 is 0. The molecule has 0 saturated carbocycles. The zero-order valence-corrected chi connectivity index (χ0v) is 13.9. The third kappa shape index (κ3) is 5.80. The third-order valence-electron chi connectivity index (χ3n) is 3.94. The van der Waals surface area contributed by atoms with Crippen LogP contribution in [0.3, 0.4) is 0 Å². The van der Waals surface area contributed by atoms with Gasteiger partial charge in [-0.15, -0.1) is 0 Å². The molecule has 1 aliphatic heterocycles. The van der Waals surface area contributed by atoms with Crippen molar-refractivity contribution in [2.45, 2.75) is 47.1 Å². The topological polar surface area (TPSA) is 49.6 Å². The highest BCUT2D eigenvalue weighted by Gasteiger charge is 2.26. The largest absolute Gasteiger partial charge is 0.341 e. The molecule has 1 aliphatic rings. The normalized spacial score (nSPS) is 24.4. The minimum atomic E-state index is 0.273. The molecule has 1 fully saturated rings. The fraction of sp³-hybridized carbons (Fsp3) is 0.938. The van der Waals surface area contributed by atoms with Gasteiger partial charge >= 0.3 is 0 Å². The second-order valence-electron chi connectivity index (χ2n) is 7.25. The summed E-state index contributed by atoms with van der Waals surface area (Å²) in [5, 5.41) is 0. The van der Waals surface area contributed by atoms with E-state index in [2.05, 4.69) is 39.5 Å². The van der Waals surface area contributed by atoms with Gasteiger partial charge in [0.15, 0.2) is 0 Å². The summed E-state index contributed by atoms with van der Waals surface area (Å²) in [4.78, 5) is 16.8. The fourth-order valence-corrected chi connectivity index (χ4v) is 2.84. The lowest BCUT2D eigenvalue weighted by atomic mass is 9.95. The van der Waals surface area contributed by atoms with Crippen molar-refractivity contribution in [3.63, 3.8) is 0 Å². The molecule has 0 aromatic rings. The van der Waals surface area contributed by atoms with Gasteiger partial charge in [0, 0.05) is 32.2 Å². The molecule has 118 valence electrons. The quantitative estimate of drug-likeness (QED) is 0.808. The van der Waals surface area contributed by atoms with Crippen molar-refractivity contribution in [2.24, 2.45) is 23.5 Å². The molecule has 2 N–H and O–H groups in total. The first kappa shape index (κ1) is 17.4. The Morgan fingerprint density at radius 1 is 1.25 bits per heavy atom. The van der Waals surface area contributed by atoms with Crippen LogP contribution < -0.4 is 5.73 Å². The van der Waals surface area contributed by atoms with Gasteiger partial charge < -0.3 is 10.6 Å². The van der Waals surface area contributed by atoms with E-state index >= 15 is 0 Å². The summed E-state index contributed by atoms with van der Waals surface area (Å²) in [5.74, 6) is 1.80. The second kappa shape index (κ2) is 7.99. The van der Waals surface area contributed by atoms with E-state index in [9.17, 15) is 4.79 Å². The van der Waals surface area contributed by atoms with Crippen LogP contribution in [0.1, 0.15) is 41.0 Å². The summed E-state index contributed by atoms with van der Waals surface area (Å²) < 4.78 is 0. The first-order valence-electron chi connectivity index (χ1n) is 8.05. The van der Waals surface area contributed by atoms with Gasteiger partial charge in [0.1, 0.15) is 0 Å². The first-order valence-corrected chi connectivity index (χ1v) is 8.05. The van der Waals surface area contributed by atoms with Crippen LogP contribution in [-0.4, -0.2) is 54.5 Å². The molecule has 0 bridgehead atoms. The minimum Gasteiger partial charge on any atom is -0.341 e. The molecule has 1 heterocycles. The van der Waals surface area contributed by atoms with Crippen molar-refractivity contribution in [1.29, 1.82) is 0 Å². The molecule has 1 rings (SSSR count). The predicted molar refractivity (Wildman–Crippen MR) is 84.5 cm³/mol. The Morgan fingerprint density at radius 3 is 2.25 bits per heavy atom. The van der Waals surface area contributed by atoms with Crippen molar-refractivity contribution < 1.29 is 4.79 Å². The van der Waals surface area contributed by atoms with E-state index in [-0.39, 0.29) is 5.91 Å². The smallest absolute Gasteiger partial charge is 0.236 e. The van der Waals surface area contributed by atoms with Crippen LogP contribution in [0.15, 0.2) is 0 Å². The van der Waals surface area contributed by atoms with Crippen molar-refractivity contribution >= 4 is 5.91 Å². The van der Waals surface area contributed by atoms with E-state index in [1.807, 2.05) is 4.90 Å². The van der Waals surface area contributed by atoms with Crippen molar-refractivity contribution in [2.75, 3.05) is 32.7 Å². The molecule has 2 atom stereocenters. The summed E-state index contributed by atoms with van der Waals surface area (Å²) in [6.45, 7) is 15.0. The Hall–Kier alpha value is -0.610. The van der Waals surface area contributed by atoms with Crippen LogP contribution in [0, 0.1) is 17.8 Å². The Labute approximate surface area is 124 Å². The molecule has 0 aromatic carbocycles. The molecule has 0 spiro atoms. The number of rotatable bonds is 6. The van der Waals surface area contributed by atoms with Crippen LogP contribution in [-0.2, 0) is 4.79 Å². The molecule has 4 heteroatoms. The van der Waals surface area contributed by atoms with Gasteiger partial charge in [-0.25, -0.2) is 0 Å². The zero-order chi connectivity index (χ0) is 15.3. The van der Waals surface area contributed by atoms with Gasteiger partial charge in [-0.2, -0.15) is 0 Å². The number of carbonyl (C=O) groups is 1. The Balaban J connectivity index is 2.52. The molecule has 1 amide bonds. The van der Waals surface area contributed by atoms with Crippen LogP contribution in [0.25, 0.3) is 0 Å². The van der Waals surface area contributed by atoms with E-state index in [0.717, 1.165) is 32.6 Å². The van der Waals surface area contributed by atoms with Gasteiger partial charge in [-0.1, -0.05) is 34.6 Å². The zero-order valence-electron chi connectivity index (χ0n) is 13.9. The van der Waals surface area contributed by atoms with Gasteiger partial charge in [0.25, 0.3) is 0 Å². The average molecular weight is 283 g/mol. The Bertz CT molecular complexity index is 294. The number of hydrogen-bond acceptors (Lipinski definition) is 3. The molecule has 0 radical (unpaired) electrons. The minimum absolute atomic E-state index is 0.273. The number of nitrogens with two attached hydrogens (primary N) is 1. The number of likely N-dealkylation sites (tertiary alicyclic amines) is 1. The molecule has 20 heavy (non-hydrogen) atoms. The second-order valence-corrected chi connectivity index (χ2v) is 7.25. The molecule has 1 saturated heterocycles. The lowest BCUT2D eigenvalue weighted by Crippen LogP contribution is -2.50. The van der Waals surface area contributed by atoms with Gasteiger partial charge in [0.05, 0.1) is 6.54 Å². The lowest BCUT2D eigenvalue weighted by molar-refractivity contribution is -0.134.